The highest BCUT2D eigenvalue weighted by atomic mass is 16.5. The summed E-state index contributed by atoms with van der Waals surface area (Å²) in [4.78, 5) is 8.25. The summed E-state index contributed by atoms with van der Waals surface area (Å²) in [6.45, 7) is 2.52. The molecule has 3 nitrogen and oxygen atoms in total. The topological polar surface area (TPSA) is 35.0 Å². The molecule has 1 rings (SSSR count). The largest absolute Gasteiger partial charge is 0.381 e. The SMILES string of the molecule is COC/C=C\c1cnc(C)cn1. The number of aryl methyl sites for hydroxylation is 1. The first-order chi connectivity index (χ1) is 5.83. The summed E-state index contributed by atoms with van der Waals surface area (Å²) in [6, 6.07) is 0. The molecule has 0 amide bonds. The van der Waals surface area contributed by atoms with E-state index in [2.05, 4.69) is 9.97 Å². The maximum absolute atomic E-state index is 4.85. The lowest BCUT2D eigenvalue weighted by Crippen LogP contribution is -1.87. The van der Waals surface area contributed by atoms with Crippen LogP contribution in [0.4, 0.5) is 0 Å². The van der Waals surface area contributed by atoms with Crippen LogP contribution >= 0.6 is 0 Å². The van der Waals surface area contributed by atoms with Gasteiger partial charge in [-0.15, -0.1) is 0 Å². The first-order valence-electron chi connectivity index (χ1n) is 3.77. The van der Waals surface area contributed by atoms with E-state index in [4.69, 9.17) is 4.74 Å². The molecule has 1 aromatic rings. The van der Waals surface area contributed by atoms with Gasteiger partial charge in [-0.1, -0.05) is 6.08 Å². The molecular weight excluding hydrogens is 152 g/mol. The van der Waals surface area contributed by atoms with Crippen LogP contribution in [0.3, 0.4) is 0 Å². The van der Waals surface area contributed by atoms with E-state index >= 15 is 0 Å². The van der Waals surface area contributed by atoms with Crippen LogP contribution in [0.25, 0.3) is 6.08 Å². The molecule has 64 valence electrons. The Morgan fingerprint density at radius 3 is 2.83 bits per heavy atom. The lowest BCUT2D eigenvalue weighted by atomic mass is 10.4. The highest BCUT2D eigenvalue weighted by Gasteiger charge is 1.87. The summed E-state index contributed by atoms with van der Waals surface area (Å²) in [5.41, 5.74) is 1.79. The number of nitrogens with zero attached hydrogens (tertiary/aromatic N) is 2. The van der Waals surface area contributed by atoms with Crippen molar-refractivity contribution in [3.63, 3.8) is 0 Å². The molecule has 0 atom stereocenters. The van der Waals surface area contributed by atoms with Crippen LogP contribution in [0.1, 0.15) is 11.4 Å². The highest BCUT2D eigenvalue weighted by Crippen LogP contribution is 1.96. The van der Waals surface area contributed by atoms with Gasteiger partial charge < -0.3 is 4.74 Å². The Kier molecular flexibility index (Phi) is 3.41. The molecule has 0 aliphatic carbocycles. The molecule has 0 aliphatic heterocycles. The van der Waals surface area contributed by atoms with Gasteiger partial charge in [0.25, 0.3) is 0 Å². The van der Waals surface area contributed by atoms with Gasteiger partial charge in [0.05, 0.1) is 24.2 Å². The summed E-state index contributed by atoms with van der Waals surface area (Å²) >= 11 is 0. The number of hydrogen-bond acceptors (Lipinski definition) is 3. The van der Waals surface area contributed by atoms with Gasteiger partial charge in [-0.05, 0) is 13.0 Å². The molecule has 0 spiro atoms. The molecule has 0 bridgehead atoms. The minimum Gasteiger partial charge on any atom is -0.381 e. The third-order valence-electron chi connectivity index (χ3n) is 1.35. The van der Waals surface area contributed by atoms with Crippen LogP contribution in [0, 0.1) is 6.92 Å². The first kappa shape index (κ1) is 8.87. The van der Waals surface area contributed by atoms with Gasteiger partial charge >= 0.3 is 0 Å². The molecule has 12 heavy (non-hydrogen) atoms. The second-order valence-electron chi connectivity index (χ2n) is 2.44. The molecule has 0 aromatic carbocycles. The van der Waals surface area contributed by atoms with E-state index in [1.165, 1.54) is 0 Å². The molecule has 0 N–H and O–H groups in total. The van der Waals surface area contributed by atoms with Crippen LogP contribution in [0.2, 0.25) is 0 Å². The van der Waals surface area contributed by atoms with Gasteiger partial charge in [-0.2, -0.15) is 0 Å². The zero-order valence-corrected chi connectivity index (χ0v) is 7.32. The Hall–Kier alpha value is -1.22. The fraction of sp³-hybridized carbons (Fsp3) is 0.333. The van der Waals surface area contributed by atoms with Crippen molar-refractivity contribution in [2.75, 3.05) is 13.7 Å². The lowest BCUT2D eigenvalue weighted by Gasteiger charge is -1.92. The number of aromatic nitrogens is 2. The molecule has 3 heteroatoms. The average molecular weight is 164 g/mol. The van der Waals surface area contributed by atoms with E-state index < -0.39 is 0 Å². The van der Waals surface area contributed by atoms with Gasteiger partial charge in [-0.3, -0.25) is 9.97 Å². The van der Waals surface area contributed by atoms with E-state index in [9.17, 15) is 0 Å². The number of hydrogen-bond donors (Lipinski definition) is 0. The summed E-state index contributed by atoms with van der Waals surface area (Å²) < 4.78 is 4.85. The molecule has 1 aromatic heterocycles. The lowest BCUT2D eigenvalue weighted by molar-refractivity contribution is 0.234. The number of ether oxygens (including phenoxy) is 1. The Bertz CT molecular complexity index is 254. The van der Waals surface area contributed by atoms with Crippen molar-refractivity contribution in [1.82, 2.24) is 9.97 Å². The minimum absolute atomic E-state index is 0.607. The predicted molar refractivity (Wildman–Crippen MR) is 47.7 cm³/mol. The van der Waals surface area contributed by atoms with Crippen LogP contribution < -0.4 is 0 Å². The van der Waals surface area contributed by atoms with E-state index in [-0.39, 0.29) is 0 Å². The summed E-state index contributed by atoms with van der Waals surface area (Å²) in [5, 5.41) is 0. The van der Waals surface area contributed by atoms with Crippen molar-refractivity contribution in [3.05, 3.63) is 29.9 Å². The van der Waals surface area contributed by atoms with Gasteiger partial charge in [0.15, 0.2) is 0 Å². The van der Waals surface area contributed by atoms with Crippen LogP contribution in [-0.4, -0.2) is 23.7 Å². The number of methoxy groups -OCH3 is 1. The van der Waals surface area contributed by atoms with Gasteiger partial charge in [-0.25, -0.2) is 0 Å². The molecule has 1 heterocycles. The second kappa shape index (κ2) is 4.62. The maximum atomic E-state index is 4.85. The van der Waals surface area contributed by atoms with E-state index in [1.807, 2.05) is 19.1 Å². The Morgan fingerprint density at radius 2 is 2.25 bits per heavy atom. The molecule has 0 saturated heterocycles. The summed E-state index contributed by atoms with van der Waals surface area (Å²) in [7, 11) is 1.66. The molecule has 0 aliphatic rings. The number of rotatable bonds is 3. The normalized spacial score (nSPS) is 10.8. The predicted octanol–water partition coefficient (Wildman–Crippen LogP) is 1.44. The third kappa shape index (κ3) is 2.80. The molecule has 0 saturated carbocycles. The Balaban J connectivity index is 2.58. The monoisotopic (exact) mass is 164 g/mol. The van der Waals surface area contributed by atoms with Crippen molar-refractivity contribution < 1.29 is 4.74 Å². The highest BCUT2D eigenvalue weighted by molar-refractivity contribution is 5.42. The first-order valence-corrected chi connectivity index (χ1v) is 3.77. The molecular formula is C9H12N2O. The van der Waals surface area contributed by atoms with Crippen molar-refractivity contribution >= 4 is 6.08 Å². The van der Waals surface area contributed by atoms with Crippen molar-refractivity contribution in [2.45, 2.75) is 6.92 Å². The van der Waals surface area contributed by atoms with E-state index in [0.29, 0.717) is 6.61 Å². The summed E-state index contributed by atoms with van der Waals surface area (Å²) in [5.74, 6) is 0. The van der Waals surface area contributed by atoms with Crippen LogP contribution in [0.5, 0.6) is 0 Å². The second-order valence-corrected chi connectivity index (χ2v) is 2.44. The third-order valence-corrected chi connectivity index (χ3v) is 1.35. The Morgan fingerprint density at radius 1 is 1.42 bits per heavy atom. The molecule has 0 unspecified atom stereocenters. The van der Waals surface area contributed by atoms with Crippen LogP contribution in [0.15, 0.2) is 18.5 Å². The average Bonchev–Trinajstić information content (AvgIpc) is 2.09. The molecule has 0 radical (unpaired) electrons. The quantitative estimate of drug-likeness (QED) is 0.678. The smallest absolute Gasteiger partial charge is 0.0810 e. The van der Waals surface area contributed by atoms with Crippen molar-refractivity contribution in [1.29, 1.82) is 0 Å². The maximum Gasteiger partial charge on any atom is 0.0810 e. The molecule has 0 fully saturated rings. The Labute approximate surface area is 72.1 Å². The van der Waals surface area contributed by atoms with Crippen LogP contribution in [-0.2, 0) is 4.74 Å². The van der Waals surface area contributed by atoms with Gasteiger partial charge in [0, 0.05) is 13.3 Å². The van der Waals surface area contributed by atoms with E-state index in [1.54, 1.807) is 19.5 Å². The van der Waals surface area contributed by atoms with Gasteiger partial charge in [0.2, 0.25) is 0 Å². The fourth-order valence-corrected chi connectivity index (χ4v) is 0.754. The zero-order chi connectivity index (χ0) is 8.81. The standard InChI is InChI=1S/C9H12N2O/c1-8-6-11-9(7-10-8)4-3-5-12-2/h3-4,6-7H,5H2,1-2H3/b4-3-. The van der Waals surface area contributed by atoms with E-state index in [0.717, 1.165) is 11.4 Å². The van der Waals surface area contributed by atoms with Crippen molar-refractivity contribution in [2.24, 2.45) is 0 Å². The fourth-order valence-electron chi connectivity index (χ4n) is 0.754. The summed E-state index contributed by atoms with van der Waals surface area (Å²) in [6.07, 6.45) is 7.27. The zero-order valence-electron chi connectivity index (χ0n) is 7.32. The van der Waals surface area contributed by atoms with Crippen molar-refractivity contribution in [3.8, 4) is 0 Å². The van der Waals surface area contributed by atoms with Gasteiger partial charge in [0.1, 0.15) is 0 Å². The minimum atomic E-state index is 0.607.